The van der Waals surface area contributed by atoms with Gasteiger partial charge in [-0.3, -0.25) is 15.6 Å². The summed E-state index contributed by atoms with van der Waals surface area (Å²) in [5.74, 6) is 0.0234. The fraction of sp³-hybridized carbons (Fsp3) is 0.471. The minimum absolute atomic E-state index is 0.0234. The molecule has 2 N–H and O–H groups in total. The van der Waals surface area contributed by atoms with Crippen LogP contribution in [0, 0.1) is 6.92 Å². The zero-order valence-electron chi connectivity index (χ0n) is 12.7. The van der Waals surface area contributed by atoms with Crippen LogP contribution in [0.25, 0.3) is 5.70 Å². The summed E-state index contributed by atoms with van der Waals surface area (Å²) in [6.07, 6.45) is 6.34. The largest absolute Gasteiger partial charge is 0.299 e. The first-order chi connectivity index (χ1) is 9.63. The highest BCUT2D eigenvalue weighted by Crippen LogP contribution is 2.10. The topological polar surface area (TPSA) is 41.1 Å². The van der Waals surface area contributed by atoms with E-state index in [-0.39, 0.29) is 5.91 Å². The Hall–Kier alpha value is -1.77. The second kappa shape index (κ2) is 9.18. The fourth-order valence-corrected chi connectivity index (χ4v) is 2.00. The van der Waals surface area contributed by atoms with Gasteiger partial charge in [-0.2, -0.15) is 0 Å². The van der Waals surface area contributed by atoms with Crippen molar-refractivity contribution in [3.05, 3.63) is 42.0 Å². The van der Waals surface area contributed by atoms with Crippen molar-refractivity contribution < 1.29 is 4.79 Å². The maximum absolute atomic E-state index is 11.7. The predicted molar refractivity (Wildman–Crippen MR) is 84.9 cm³/mol. The molecule has 1 aromatic rings. The van der Waals surface area contributed by atoms with Gasteiger partial charge in [0.2, 0.25) is 5.91 Å². The lowest BCUT2D eigenvalue weighted by Gasteiger charge is -2.11. The molecule has 0 saturated heterocycles. The van der Waals surface area contributed by atoms with E-state index >= 15 is 0 Å². The highest BCUT2D eigenvalue weighted by Gasteiger charge is 2.02. The Kier molecular flexibility index (Phi) is 7.48. The van der Waals surface area contributed by atoms with E-state index < -0.39 is 0 Å². The molecule has 0 heterocycles. The molecule has 0 aliphatic carbocycles. The summed E-state index contributed by atoms with van der Waals surface area (Å²) in [5, 5.41) is 0. The van der Waals surface area contributed by atoms with Gasteiger partial charge in [0.05, 0.1) is 5.70 Å². The third-order valence-electron chi connectivity index (χ3n) is 3.23. The van der Waals surface area contributed by atoms with Gasteiger partial charge in [0, 0.05) is 6.42 Å². The first kappa shape index (κ1) is 16.3. The molecule has 0 saturated carbocycles. The van der Waals surface area contributed by atoms with Crippen LogP contribution in [0.4, 0.5) is 0 Å². The molecule has 110 valence electrons. The minimum Gasteiger partial charge on any atom is -0.299 e. The van der Waals surface area contributed by atoms with E-state index in [1.807, 2.05) is 31.2 Å². The van der Waals surface area contributed by atoms with Gasteiger partial charge >= 0.3 is 0 Å². The molecule has 3 heteroatoms. The highest BCUT2D eigenvalue weighted by molar-refractivity contribution is 5.77. The van der Waals surface area contributed by atoms with Crippen molar-refractivity contribution in [2.45, 2.75) is 52.4 Å². The summed E-state index contributed by atoms with van der Waals surface area (Å²) < 4.78 is 0. The molecule has 20 heavy (non-hydrogen) atoms. The Morgan fingerprint density at radius 3 is 2.60 bits per heavy atom. The maximum Gasteiger partial charge on any atom is 0.238 e. The summed E-state index contributed by atoms with van der Waals surface area (Å²) in [5.41, 5.74) is 8.47. The van der Waals surface area contributed by atoms with Crippen LogP contribution in [0.1, 0.15) is 56.6 Å². The number of amides is 1. The van der Waals surface area contributed by atoms with Crippen molar-refractivity contribution >= 4 is 11.6 Å². The molecule has 0 unspecified atom stereocenters. The first-order valence-corrected chi connectivity index (χ1v) is 7.44. The highest BCUT2D eigenvalue weighted by atomic mass is 16.2. The van der Waals surface area contributed by atoms with Crippen LogP contribution in [0.5, 0.6) is 0 Å². The molecule has 1 aromatic carbocycles. The van der Waals surface area contributed by atoms with E-state index in [2.05, 4.69) is 24.4 Å². The summed E-state index contributed by atoms with van der Waals surface area (Å²) in [6.45, 7) is 8.15. The number of carbonyl (C=O) groups excluding carboxylic acids is 1. The van der Waals surface area contributed by atoms with Crippen molar-refractivity contribution in [2.24, 2.45) is 0 Å². The summed E-state index contributed by atoms with van der Waals surface area (Å²) in [6, 6.07) is 8.02. The smallest absolute Gasteiger partial charge is 0.238 e. The number of aryl methyl sites for hydroxylation is 1. The maximum atomic E-state index is 11.7. The number of rotatable bonds is 9. The van der Waals surface area contributed by atoms with Gasteiger partial charge in [-0.25, -0.2) is 0 Å². The lowest BCUT2D eigenvalue weighted by molar-refractivity contribution is -0.121. The first-order valence-electron chi connectivity index (χ1n) is 7.44. The van der Waals surface area contributed by atoms with Crippen LogP contribution < -0.4 is 10.9 Å². The Morgan fingerprint density at radius 1 is 1.15 bits per heavy atom. The Balaban J connectivity index is 2.22. The van der Waals surface area contributed by atoms with E-state index in [4.69, 9.17) is 0 Å². The van der Waals surface area contributed by atoms with Crippen molar-refractivity contribution in [3.8, 4) is 0 Å². The van der Waals surface area contributed by atoms with Gasteiger partial charge < -0.3 is 0 Å². The molecule has 0 aliphatic rings. The van der Waals surface area contributed by atoms with E-state index in [0.717, 1.165) is 18.4 Å². The third kappa shape index (κ3) is 6.41. The molecule has 0 radical (unpaired) electrons. The molecule has 1 amide bonds. The van der Waals surface area contributed by atoms with Crippen molar-refractivity contribution in [1.29, 1.82) is 0 Å². The van der Waals surface area contributed by atoms with Crippen molar-refractivity contribution in [1.82, 2.24) is 10.9 Å². The number of nitrogens with one attached hydrogen (secondary N) is 2. The molecule has 0 bridgehead atoms. The number of benzene rings is 1. The number of hydrogen-bond donors (Lipinski definition) is 2. The summed E-state index contributed by atoms with van der Waals surface area (Å²) >= 11 is 0. The summed E-state index contributed by atoms with van der Waals surface area (Å²) in [4.78, 5) is 11.7. The van der Waals surface area contributed by atoms with Gasteiger partial charge in [0.1, 0.15) is 0 Å². The van der Waals surface area contributed by atoms with E-state index in [1.54, 1.807) is 0 Å². The van der Waals surface area contributed by atoms with Gasteiger partial charge in [0.25, 0.3) is 0 Å². The standard InChI is InChI=1S/C17H26N2O/c1-4-5-6-7-8-12-17(20)19-18-15(3)16-11-9-10-14(2)13-16/h9-11,13,18H,3-8,12H2,1-2H3,(H,19,20). The lowest BCUT2D eigenvalue weighted by atomic mass is 10.1. The lowest BCUT2D eigenvalue weighted by Crippen LogP contribution is -2.35. The normalized spacial score (nSPS) is 10.1. The van der Waals surface area contributed by atoms with Crippen LogP contribution in [-0.4, -0.2) is 5.91 Å². The Bertz CT molecular complexity index is 440. The van der Waals surface area contributed by atoms with Crippen LogP contribution in [0.2, 0.25) is 0 Å². The van der Waals surface area contributed by atoms with Crippen LogP contribution in [0.3, 0.4) is 0 Å². The van der Waals surface area contributed by atoms with Gasteiger partial charge in [-0.1, -0.05) is 62.9 Å². The number of hydrazine groups is 1. The van der Waals surface area contributed by atoms with Gasteiger partial charge in [-0.05, 0) is 25.0 Å². The number of carbonyl (C=O) groups is 1. The second-order valence-corrected chi connectivity index (χ2v) is 5.19. The average molecular weight is 274 g/mol. The molecule has 0 spiro atoms. The van der Waals surface area contributed by atoms with E-state index in [9.17, 15) is 4.79 Å². The fourth-order valence-electron chi connectivity index (χ4n) is 2.00. The molecule has 1 rings (SSSR count). The number of unbranched alkanes of at least 4 members (excludes halogenated alkanes) is 4. The van der Waals surface area contributed by atoms with E-state index in [0.29, 0.717) is 12.1 Å². The Labute approximate surface area is 122 Å². The molecule has 0 atom stereocenters. The molecule has 3 nitrogen and oxygen atoms in total. The predicted octanol–water partition coefficient (Wildman–Crippen LogP) is 3.95. The van der Waals surface area contributed by atoms with Crippen LogP contribution in [-0.2, 0) is 4.79 Å². The van der Waals surface area contributed by atoms with Gasteiger partial charge in [-0.15, -0.1) is 0 Å². The van der Waals surface area contributed by atoms with E-state index in [1.165, 1.54) is 24.8 Å². The Morgan fingerprint density at radius 2 is 1.90 bits per heavy atom. The molecule has 0 aromatic heterocycles. The van der Waals surface area contributed by atoms with Crippen molar-refractivity contribution in [2.75, 3.05) is 0 Å². The van der Waals surface area contributed by atoms with Crippen molar-refractivity contribution in [3.63, 3.8) is 0 Å². The van der Waals surface area contributed by atoms with Gasteiger partial charge in [0.15, 0.2) is 0 Å². The zero-order chi connectivity index (χ0) is 14.8. The second-order valence-electron chi connectivity index (χ2n) is 5.19. The molecule has 0 aliphatic heterocycles. The molecule has 0 fully saturated rings. The third-order valence-corrected chi connectivity index (χ3v) is 3.23. The quantitative estimate of drug-likeness (QED) is 0.529. The zero-order valence-corrected chi connectivity index (χ0v) is 12.7. The number of hydrogen-bond acceptors (Lipinski definition) is 2. The monoisotopic (exact) mass is 274 g/mol. The minimum atomic E-state index is 0.0234. The molecular weight excluding hydrogens is 248 g/mol. The molecular formula is C17H26N2O. The average Bonchev–Trinajstić information content (AvgIpc) is 2.44. The van der Waals surface area contributed by atoms with Crippen LogP contribution in [0.15, 0.2) is 30.8 Å². The van der Waals surface area contributed by atoms with Crippen LogP contribution >= 0.6 is 0 Å². The summed E-state index contributed by atoms with van der Waals surface area (Å²) in [7, 11) is 0. The SMILES string of the molecule is C=C(NNC(=O)CCCCCCC)c1cccc(C)c1.